The van der Waals surface area contributed by atoms with E-state index in [1.54, 1.807) is 11.3 Å². The highest BCUT2D eigenvalue weighted by atomic mass is 32.1. The summed E-state index contributed by atoms with van der Waals surface area (Å²) in [7, 11) is 0. The number of nitrogens with zero attached hydrogens (tertiary/aromatic N) is 3. The van der Waals surface area contributed by atoms with Crippen LogP contribution in [0.5, 0.6) is 0 Å². The van der Waals surface area contributed by atoms with Gasteiger partial charge < -0.3 is 4.90 Å². The Balaban J connectivity index is 1.33. The number of thiazole rings is 1. The van der Waals surface area contributed by atoms with Crippen LogP contribution in [0.15, 0.2) is 60.0 Å². The van der Waals surface area contributed by atoms with E-state index in [2.05, 4.69) is 48.4 Å². The number of aromatic nitrogens is 1. The first-order valence-electron chi connectivity index (χ1n) is 10.2. The minimum atomic E-state index is 0.131. The Hall–Kier alpha value is -2.50. The zero-order valence-electron chi connectivity index (χ0n) is 17.0. The molecule has 0 radical (unpaired) electrons. The summed E-state index contributed by atoms with van der Waals surface area (Å²) in [6, 6.07) is 18.3. The van der Waals surface area contributed by atoms with E-state index in [0.717, 1.165) is 49.0 Å². The summed E-state index contributed by atoms with van der Waals surface area (Å²) in [5.41, 5.74) is 4.42. The first kappa shape index (κ1) is 19.8. The molecule has 0 spiro atoms. The molecule has 0 aliphatic carbocycles. The van der Waals surface area contributed by atoms with E-state index >= 15 is 0 Å². The molecule has 29 heavy (non-hydrogen) atoms. The van der Waals surface area contributed by atoms with Crippen LogP contribution >= 0.6 is 11.3 Å². The lowest BCUT2D eigenvalue weighted by atomic mass is 10.0. The molecule has 0 saturated carbocycles. The predicted octanol–water partition coefficient (Wildman–Crippen LogP) is 4.89. The van der Waals surface area contributed by atoms with Crippen molar-refractivity contribution in [1.29, 1.82) is 0 Å². The first-order chi connectivity index (χ1) is 14.1. The van der Waals surface area contributed by atoms with Gasteiger partial charge >= 0.3 is 0 Å². The van der Waals surface area contributed by atoms with E-state index in [1.807, 2.05) is 35.2 Å². The van der Waals surface area contributed by atoms with Crippen molar-refractivity contribution in [3.05, 3.63) is 76.8 Å². The van der Waals surface area contributed by atoms with Gasteiger partial charge in [0.15, 0.2) is 0 Å². The lowest BCUT2D eigenvalue weighted by Gasteiger charge is -2.34. The predicted molar refractivity (Wildman–Crippen MR) is 119 cm³/mol. The fourth-order valence-electron chi connectivity index (χ4n) is 3.62. The van der Waals surface area contributed by atoms with E-state index in [4.69, 9.17) is 4.98 Å². The topological polar surface area (TPSA) is 36.4 Å². The molecule has 5 heteroatoms. The van der Waals surface area contributed by atoms with Crippen LogP contribution in [0.1, 0.15) is 41.4 Å². The number of amides is 1. The third-order valence-corrected chi connectivity index (χ3v) is 6.38. The molecule has 1 aliphatic heterocycles. The van der Waals surface area contributed by atoms with Gasteiger partial charge in [-0.1, -0.05) is 56.3 Å². The van der Waals surface area contributed by atoms with Crippen molar-refractivity contribution in [3.8, 4) is 10.6 Å². The van der Waals surface area contributed by atoms with E-state index in [9.17, 15) is 4.79 Å². The van der Waals surface area contributed by atoms with Crippen LogP contribution in [0.3, 0.4) is 0 Å². The van der Waals surface area contributed by atoms with E-state index < -0.39 is 0 Å². The van der Waals surface area contributed by atoms with Crippen molar-refractivity contribution in [3.63, 3.8) is 0 Å². The maximum atomic E-state index is 12.6. The fraction of sp³-hybridized carbons (Fsp3) is 0.333. The zero-order chi connectivity index (χ0) is 20.2. The second-order valence-electron chi connectivity index (χ2n) is 7.86. The summed E-state index contributed by atoms with van der Waals surface area (Å²) in [6.45, 7) is 8.56. The Labute approximate surface area is 176 Å². The van der Waals surface area contributed by atoms with Gasteiger partial charge in [0, 0.05) is 49.2 Å². The Kier molecular flexibility index (Phi) is 6.07. The minimum Gasteiger partial charge on any atom is -0.336 e. The second-order valence-corrected chi connectivity index (χ2v) is 8.71. The summed E-state index contributed by atoms with van der Waals surface area (Å²) in [5, 5.41) is 3.24. The maximum Gasteiger partial charge on any atom is 0.253 e. The van der Waals surface area contributed by atoms with Gasteiger partial charge in [-0.15, -0.1) is 11.3 Å². The largest absolute Gasteiger partial charge is 0.336 e. The molecule has 4 rings (SSSR count). The number of carbonyl (C=O) groups excluding carboxylic acids is 1. The summed E-state index contributed by atoms with van der Waals surface area (Å²) < 4.78 is 0. The molecule has 150 valence electrons. The second kappa shape index (κ2) is 8.89. The fourth-order valence-corrected chi connectivity index (χ4v) is 4.44. The van der Waals surface area contributed by atoms with Crippen LogP contribution in [0.4, 0.5) is 0 Å². The monoisotopic (exact) mass is 405 g/mol. The zero-order valence-corrected chi connectivity index (χ0v) is 17.9. The van der Waals surface area contributed by atoms with Gasteiger partial charge in [-0.05, 0) is 23.6 Å². The number of rotatable bonds is 5. The van der Waals surface area contributed by atoms with Crippen LogP contribution in [-0.4, -0.2) is 46.9 Å². The number of carbonyl (C=O) groups is 1. The van der Waals surface area contributed by atoms with Gasteiger partial charge in [0.05, 0.1) is 5.69 Å². The number of benzene rings is 2. The maximum absolute atomic E-state index is 12.6. The van der Waals surface area contributed by atoms with Gasteiger partial charge in [0.1, 0.15) is 5.01 Å². The smallest absolute Gasteiger partial charge is 0.253 e. The third kappa shape index (κ3) is 4.74. The van der Waals surface area contributed by atoms with Crippen molar-refractivity contribution >= 4 is 17.2 Å². The highest BCUT2D eigenvalue weighted by Gasteiger charge is 2.22. The standard InChI is InChI=1S/C24H27N3OS/c1-18(2)19-8-10-20(11-9-19)23-25-22(17-29-23)16-26-12-14-27(15-13-26)24(28)21-6-4-3-5-7-21/h3-11,17-18H,12-16H2,1-2H3. The average Bonchev–Trinajstić information content (AvgIpc) is 3.23. The Morgan fingerprint density at radius 2 is 1.69 bits per heavy atom. The normalized spacial score (nSPS) is 15.1. The molecule has 0 unspecified atom stereocenters. The summed E-state index contributed by atoms with van der Waals surface area (Å²) in [5.74, 6) is 0.675. The van der Waals surface area contributed by atoms with Crippen LogP contribution in [0, 0.1) is 0 Å². The molecule has 2 heterocycles. The van der Waals surface area contributed by atoms with Gasteiger partial charge in [0.25, 0.3) is 5.91 Å². The molecule has 1 amide bonds. The number of hydrogen-bond acceptors (Lipinski definition) is 4. The summed E-state index contributed by atoms with van der Waals surface area (Å²) in [6.07, 6.45) is 0. The molecular formula is C24H27N3OS. The quantitative estimate of drug-likeness (QED) is 0.606. The van der Waals surface area contributed by atoms with Crippen molar-refractivity contribution in [2.45, 2.75) is 26.3 Å². The van der Waals surface area contributed by atoms with Crippen molar-refractivity contribution in [2.75, 3.05) is 26.2 Å². The lowest BCUT2D eigenvalue weighted by molar-refractivity contribution is 0.0627. The summed E-state index contributed by atoms with van der Waals surface area (Å²) in [4.78, 5) is 21.8. The third-order valence-electron chi connectivity index (χ3n) is 5.44. The molecule has 3 aromatic rings. The van der Waals surface area contributed by atoms with Crippen molar-refractivity contribution in [1.82, 2.24) is 14.8 Å². The molecule has 1 aromatic heterocycles. The number of hydrogen-bond donors (Lipinski definition) is 0. The van der Waals surface area contributed by atoms with Crippen molar-refractivity contribution < 1.29 is 4.79 Å². The van der Waals surface area contributed by atoms with Crippen LogP contribution in [-0.2, 0) is 6.54 Å². The van der Waals surface area contributed by atoms with Crippen LogP contribution in [0.25, 0.3) is 10.6 Å². The first-order valence-corrected chi connectivity index (χ1v) is 11.1. The summed E-state index contributed by atoms with van der Waals surface area (Å²) >= 11 is 1.71. The number of piperazine rings is 1. The molecular weight excluding hydrogens is 378 g/mol. The molecule has 0 atom stereocenters. The minimum absolute atomic E-state index is 0.131. The van der Waals surface area contributed by atoms with E-state index in [1.165, 1.54) is 11.1 Å². The molecule has 4 nitrogen and oxygen atoms in total. The Bertz CT molecular complexity index is 942. The molecule has 1 saturated heterocycles. The van der Waals surface area contributed by atoms with Crippen molar-refractivity contribution in [2.24, 2.45) is 0 Å². The lowest BCUT2D eigenvalue weighted by Crippen LogP contribution is -2.48. The Morgan fingerprint density at radius 3 is 2.34 bits per heavy atom. The highest BCUT2D eigenvalue weighted by molar-refractivity contribution is 7.13. The van der Waals surface area contributed by atoms with Gasteiger partial charge in [-0.25, -0.2) is 4.98 Å². The van der Waals surface area contributed by atoms with Gasteiger partial charge in [-0.3, -0.25) is 9.69 Å². The molecule has 0 bridgehead atoms. The SMILES string of the molecule is CC(C)c1ccc(-c2nc(CN3CCN(C(=O)c4ccccc4)CC3)cs2)cc1. The van der Waals surface area contributed by atoms with E-state index in [-0.39, 0.29) is 5.91 Å². The van der Waals surface area contributed by atoms with Gasteiger partial charge in [0.2, 0.25) is 0 Å². The Morgan fingerprint density at radius 1 is 1.00 bits per heavy atom. The molecule has 2 aromatic carbocycles. The molecule has 1 fully saturated rings. The van der Waals surface area contributed by atoms with Crippen LogP contribution in [0.2, 0.25) is 0 Å². The van der Waals surface area contributed by atoms with Crippen LogP contribution < -0.4 is 0 Å². The molecule has 0 N–H and O–H groups in total. The van der Waals surface area contributed by atoms with E-state index in [0.29, 0.717) is 5.92 Å². The molecule has 1 aliphatic rings. The van der Waals surface area contributed by atoms with Gasteiger partial charge in [-0.2, -0.15) is 0 Å². The highest BCUT2D eigenvalue weighted by Crippen LogP contribution is 2.26. The average molecular weight is 406 g/mol.